The van der Waals surface area contributed by atoms with E-state index in [2.05, 4.69) is 47.7 Å². The van der Waals surface area contributed by atoms with Crippen molar-refractivity contribution in [3.8, 4) is 0 Å². The molecular weight excluding hydrogens is 400 g/mol. The van der Waals surface area contributed by atoms with Crippen molar-refractivity contribution in [2.24, 2.45) is 34.5 Å². The molecule has 0 aromatic rings. The number of aliphatic hydroxyl groups is 1. The molecule has 1 N–H and O–H groups in total. The van der Waals surface area contributed by atoms with Gasteiger partial charge in [-0.25, -0.2) is 0 Å². The zero-order chi connectivity index (χ0) is 22.7. The zero-order valence-corrected chi connectivity index (χ0v) is 22.5. The molecule has 0 aliphatic heterocycles. The first-order valence-electron chi connectivity index (χ1n) is 13.3. The van der Waals surface area contributed by atoms with Gasteiger partial charge < -0.3 is 14.3 Å². The number of ether oxygens (including phenoxy) is 1. The average molecular weight is 451 g/mol. The van der Waals surface area contributed by atoms with Crippen LogP contribution in [-0.2, 0) is 9.16 Å². The van der Waals surface area contributed by atoms with Gasteiger partial charge >= 0.3 is 0 Å². The minimum absolute atomic E-state index is 0.154. The molecule has 0 spiro atoms. The lowest BCUT2D eigenvalue weighted by Crippen LogP contribution is -2.55. The predicted molar refractivity (Wildman–Crippen MR) is 131 cm³/mol. The van der Waals surface area contributed by atoms with Crippen molar-refractivity contribution in [2.45, 2.75) is 123 Å². The van der Waals surface area contributed by atoms with Crippen molar-refractivity contribution in [2.75, 3.05) is 13.2 Å². The molecule has 0 aromatic heterocycles. The fourth-order valence-electron chi connectivity index (χ4n) is 8.34. The van der Waals surface area contributed by atoms with Gasteiger partial charge in [-0.3, -0.25) is 0 Å². The summed E-state index contributed by atoms with van der Waals surface area (Å²) in [5.41, 5.74) is 0.851. The summed E-state index contributed by atoms with van der Waals surface area (Å²) in [6, 6.07) is 0. The van der Waals surface area contributed by atoms with Crippen molar-refractivity contribution >= 4 is 8.32 Å². The van der Waals surface area contributed by atoms with Crippen molar-refractivity contribution in [3.05, 3.63) is 0 Å². The molecule has 4 fully saturated rings. The van der Waals surface area contributed by atoms with Crippen molar-refractivity contribution in [1.82, 2.24) is 0 Å². The number of rotatable bonds is 5. The molecule has 0 aromatic carbocycles. The fraction of sp³-hybridized carbons (Fsp3) is 1.00. The number of hydrogen-bond donors (Lipinski definition) is 1. The normalized spacial score (nSPS) is 45.7. The first-order valence-corrected chi connectivity index (χ1v) is 16.2. The quantitative estimate of drug-likeness (QED) is 0.468. The summed E-state index contributed by atoms with van der Waals surface area (Å²) in [5, 5.41) is 9.56. The summed E-state index contributed by atoms with van der Waals surface area (Å²) < 4.78 is 13.1. The zero-order valence-electron chi connectivity index (χ0n) is 21.5. The molecule has 4 aliphatic carbocycles. The lowest BCUT2D eigenvalue weighted by molar-refractivity contribution is -0.141. The minimum Gasteiger partial charge on any atom is -0.414 e. The third-order valence-corrected chi connectivity index (χ3v) is 15.7. The highest BCUT2D eigenvalue weighted by Crippen LogP contribution is 2.66. The molecule has 180 valence electrons. The molecule has 4 rings (SSSR count). The Labute approximate surface area is 193 Å². The first kappa shape index (κ1) is 24.2. The number of fused-ring (bicyclic) bond motifs is 5. The van der Waals surface area contributed by atoms with E-state index < -0.39 is 8.32 Å². The molecular formula is C27H50O3Si. The van der Waals surface area contributed by atoms with E-state index in [9.17, 15) is 5.11 Å². The number of hydrogen-bond acceptors (Lipinski definition) is 3. The Morgan fingerprint density at radius 1 is 0.903 bits per heavy atom. The van der Waals surface area contributed by atoms with E-state index in [1.165, 1.54) is 57.8 Å². The van der Waals surface area contributed by atoms with Crippen molar-refractivity contribution < 1.29 is 14.3 Å². The second-order valence-corrected chi connectivity index (χ2v) is 18.4. The largest absolute Gasteiger partial charge is 0.414 e. The van der Waals surface area contributed by atoms with Gasteiger partial charge in [0.2, 0.25) is 0 Å². The van der Waals surface area contributed by atoms with Crippen LogP contribution in [0, 0.1) is 34.5 Å². The predicted octanol–water partition coefficient (Wildman–Crippen LogP) is 6.80. The Kier molecular flexibility index (Phi) is 6.56. The van der Waals surface area contributed by atoms with Crippen LogP contribution < -0.4 is 0 Å². The van der Waals surface area contributed by atoms with Gasteiger partial charge in [0.05, 0.1) is 19.3 Å². The van der Waals surface area contributed by atoms with Gasteiger partial charge in [0, 0.05) is 6.10 Å². The smallest absolute Gasteiger partial charge is 0.192 e. The second kappa shape index (κ2) is 8.39. The van der Waals surface area contributed by atoms with Crippen LogP contribution in [0.2, 0.25) is 18.1 Å². The van der Waals surface area contributed by atoms with Crippen LogP contribution in [0.25, 0.3) is 0 Å². The fourth-order valence-corrected chi connectivity index (χ4v) is 9.74. The van der Waals surface area contributed by atoms with E-state index >= 15 is 0 Å². The van der Waals surface area contributed by atoms with Gasteiger partial charge in [0.15, 0.2) is 8.32 Å². The van der Waals surface area contributed by atoms with Crippen LogP contribution in [0.15, 0.2) is 0 Å². The van der Waals surface area contributed by atoms with Crippen LogP contribution in [-0.4, -0.2) is 38.8 Å². The third-order valence-electron chi connectivity index (χ3n) is 11.2. The molecule has 0 saturated heterocycles. The molecule has 4 aliphatic rings. The van der Waals surface area contributed by atoms with E-state index in [1.807, 2.05) is 0 Å². The molecule has 4 saturated carbocycles. The summed E-state index contributed by atoms with van der Waals surface area (Å²) in [5.74, 6) is 3.47. The molecule has 0 bridgehead atoms. The molecule has 8 atom stereocenters. The van der Waals surface area contributed by atoms with E-state index in [0.717, 1.165) is 23.7 Å². The molecule has 3 nitrogen and oxygen atoms in total. The van der Waals surface area contributed by atoms with Crippen LogP contribution in [0.3, 0.4) is 0 Å². The van der Waals surface area contributed by atoms with Crippen molar-refractivity contribution in [1.29, 1.82) is 0 Å². The van der Waals surface area contributed by atoms with Gasteiger partial charge in [-0.1, -0.05) is 34.6 Å². The SMILES string of the molecule is CC(C)(C)[Si](C)(C)O[C@H]1CC[C@@]2(C)[C@@H](CC[C@@H]3[C@@H]2CC[C@]2(C)[C@@H](OCCO)CC[C@@H]32)C1. The molecule has 31 heavy (non-hydrogen) atoms. The molecule has 0 amide bonds. The number of aliphatic hydroxyl groups excluding tert-OH is 1. The van der Waals surface area contributed by atoms with E-state index in [0.29, 0.717) is 34.7 Å². The first-order chi connectivity index (χ1) is 14.4. The Morgan fingerprint density at radius 3 is 2.26 bits per heavy atom. The summed E-state index contributed by atoms with van der Waals surface area (Å²) in [7, 11) is -1.69. The summed E-state index contributed by atoms with van der Waals surface area (Å²) in [6.45, 7) is 17.8. The highest BCUT2D eigenvalue weighted by Gasteiger charge is 2.60. The maximum atomic E-state index is 9.26. The Morgan fingerprint density at radius 2 is 1.58 bits per heavy atom. The van der Waals surface area contributed by atoms with Gasteiger partial charge in [0.1, 0.15) is 0 Å². The highest BCUT2D eigenvalue weighted by molar-refractivity contribution is 6.74. The highest BCUT2D eigenvalue weighted by atomic mass is 28.4. The lowest BCUT2D eigenvalue weighted by atomic mass is 9.45. The summed E-state index contributed by atoms with van der Waals surface area (Å²) in [6.07, 6.45) is 12.9. The summed E-state index contributed by atoms with van der Waals surface area (Å²) >= 11 is 0. The average Bonchev–Trinajstić information content (AvgIpc) is 3.02. The lowest BCUT2D eigenvalue weighted by Gasteiger charge is -2.61. The molecule has 0 radical (unpaired) electrons. The second-order valence-electron chi connectivity index (χ2n) is 13.6. The van der Waals surface area contributed by atoms with E-state index in [-0.39, 0.29) is 6.61 Å². The Balaban J connectivity index is 1.45. The minimum atomic E-state index is -1.69. The molecule has 0 unspecified atom stereocenters. The standard InChI is InChI=1S/C27H50O3Si/c1-25(2,3)31(6,7)30-20-12-14-26(4)19(18-20)8-9-21-22-10-11-24(29-17-16-28)27(22,5)15-13-23(21)26/h19-24,28H,8-18H2,1-7H3/t19-,20-,21-,22-,23-,24-,26-,27-/m0/s1. The third kappa shape index (κ3) is 4.10. The monoisotopic (exact) mass is 450 g/mol. The van der Waals surface area contributed by atoms with Crippen LogP contribution in [0.5, 0.6) is 0 Å². The Bertz CT molecular complexity index is 643. The van der Waals surface area contributed by atoms with Crippen molar-refractivity contribution in [3.63, 3.8) is 0 Å². The summed E-state index contributed by atoms with van der Waals surface area (Å²) in [4.78, 5) is 0. The maximum absolute atomic E-state index is 9.26. The van der Waals surface area contributed by atoms with Gasteiger partial charge in [-0.15, -0.1) is 0 Å². The van der Waals surface area contributed by atoms with Gasteiger partial charge in [0.25, 0.3) is 0 Å². The van der Waals surface area contributed by atoms with Gasteiger partial charge in [-0.05, 0) is 110 Å². The topological polar surface area (TPSA) is 38.7 Å². The van der Waals surface area contributed by atoms with Gasteiger partial charge in [-0.2, -0.15) is 0 Å². The van der Waals surface area contributed by atoms with Crippen LogP contribution >= 0.6 is 0 Å². The molecule has 4 heteroatoms. The Hall–Kier alpha value is 0.0969. The molecule has 0 heterocycles. The van der Waals surface area contributed by atoms with E-state index in [4.69, 9.17) is 9.16 Å². The van der Waals surface area contributed by atoms with E-state index in [1.54, 1.807) is 0 Å². The van der Waals surface area contributed by atoms with Crippen LogP contribution in [0.4, 0.5) is 0 Å². The van der Waals surface area contributed by atoms with Crippen LogP contribution in [0.1, 0.15) is 92.4 Å². The maximum Gasteiger partial charge on any atom is 0.192 e.